The van der Waals surface area contributed by atoms with Crippen molar-refractivity contribution in [1.82, 2.24) is 4.57 Å². The normalized spacial score (nSPS) is 10.6. The van der Waals surface area contributed by atoms with Crippen molar-refractivity contribution in [2.75, 3.05) is 14.2 Å². The quantitative estimate of drug-likeness (QED) is 0.0843. The molecular formula is C115H125N3O6S9. The molecule has 0 radical (unpaired) electrons. The molecule has 9 nitrogen and oxygen atoms in total. The zero-order valence-electron chi connectivity index (χ0n) is 82.4. The highest BCUT2D eigenvalue weighted by Crippen LogP contribution is 2.40. The molecule has 0 saturated carbocycles. The molecule has 0 amide bonds. The highest BCUT2D eigenvalue weighted by Gasteiger charge is 2.17. The van der Waals surface area contributed by atoms with Crippen molar-refractivity contribution in [3.63, 3.8) is 0 Å². The summed E-state index contributed by atoms with van der Waals surface area (Å²) in [4.78, 5) is 54.8. The second-order valence-electron chi connectivity index (χ2n) is 34.3. The second-order valence-corrected chi connectivity index (χ2v) is 46.0. The van der Waals surface area contributed by atoms with E-state index in [9.17, 15) is 19.7 Å². The van der Waals surface area contributed by atoms with E-state index in [-0.39, 0.29) is 28.0 Å². The zero-order valence-corrected chi connectivity index (χ0v) is 89.8. The van der Waals surface area contributed by atoms with Gasteiger partial charge in [0.25, 0.3) is 5.69 Å². The molecule has 0 aliphatic rings. The van der Waals surface area contributed by atoms with Gasteiger partial charge in [-0.2, -0.15) is 5.26 Å². The minimum atomic E-state index is -0.357. The van der Waals surface area contributed by atoms with Crippen molar-refractivity contribution in [2.24, 2.45) is 7.05 Å². The number of nitro benzene ring substituents is 1. The Labute approximate surface area is 825 Å². The van der Waals surface area contributed by atoms with E-state index in [1.165, 1.54) is 197 Å². The summed E-state index contributed by atoms with van der Waals surface area (Å²) >= 11 is 16.3. The van der Waals surface area contributed by atoms with Gasteiger partial charge in [0.2, 0.25) is 0 Å². The number of esters is 2. The summed E-state index contributed by atoms with van der Waals surface area (Å²) < 4.78 is 13.4. The number of ether oxygens (including phenoxy) is 2. The van der Waals surface area contributed by atoms with Crippen LogP contribution in [0.4, 0.5) is 5.69 Å². The Balaban J connectivity index is 0.000000167. The number of hydrogen-bond acceptors (Lipinski definition) is 16. The van der Waals surface area contributed by atoms with Crippen LogP contribution >= 0.6 is 102 Å². The van der Waals surface area contributed by atoms with Crippen molar-refractivity contribution >= 4 is 151 Å². The molecule has 133 heavy (non-hydrogen) atoms. The van der Waals surface area contributed by atoms with Crippen LogP contribution in [0.15, 0.2) is 231 Å². The number of aryl methyl sites for hydroxylation is 22. The maximum Gasteiger partial charge on any atom is 0.337 e. The van der Waals surface area contributed by atoms with Gasteiger partial charge in [0.05, 0.1) is 30.3 Å². The van der Waals surface area contributed by atoms with E-state index in [2.05, 4.69) is 332 Å². The summed E-state index contributed by atoms with van der Waals surface area (Å²) in [6, 6.07) is 81.3. The van der Waals surface area contributed by atoms with Crippen molar-refractivity contribution in [1.29, 1.82) is 5.26 Å². The molecule has 8 aromatic carbocycles. The average Bonchev–Trinajstić information content (AvgIpc) is 1.75. The number of fused-ring (bicyclic) bond motifs is 3. The fraction of sp³-hybridized carbons (Fsp3) is 0.261. The van der Waals surface area contributed by atoms with Crippen molar-refractivity contribution in [2.45, 2.75) is 185 Å². The molecule has 0 unspecified atom stereocenters. The molecule has 18 aromatic rings. The third-order valence-electron chi connectivity index (χ3n) is 23.4. The summed E-state index contributed by atoms with van der Waals surface area (Å²) in [7, 11) is 4.70. The smallest absolute Gasteiger partial charge is 0.337 e. The standard InChI is InChI=1S/C16H14S.C16H20S.C14H14O2S.C13H14S.C12H12O2S.C12H12S.C10H9NO2S.C8H10N2.2C7H10S/c1-11-10-16(17-12(11)2)15-9-5-7-13-6-3-4-8-14(13)15;1-11-10-15(17-12(11)2)13-6-8-14(9-7-13)16(3,4)5;1-9-8-13(17-10(9)2)11-4-6-12(7-5-11)14(15)16-3;1-9-4-6-12(7-5-9)13-8-10(2)11(3)14-13;1-7-8(2)15-11-6-9(12(13)14-3)4-5-10(7)11;1-9-8-12(13-10(9)2)11-6-4-3-5-7-11;1-6-7(2)14-10-5-8(11(12)13)3-4-9(6)10;1-6-4-8(5-9)10(3)7(6)2;2*1-5-4-6(2)8-7(5)3/h3-10H,1-2H3;6-10H,1-5H3;4-8H,1-3H3;4-8H,1-3H3;4-6H,1-3H3;3-8H,1-2H3;3-5H,1-2H3;4H,1-3H3;2*4H,1-3H3. The fourth-order valence-corrected chi connectivity index (χ4v) is 23.2. The number of methoxy groups -OCH3 is 2. The Kier molecular flexibility index (Phi) is 38.7. The van der Waals surface area contributed by atoms with Gasteiger partial charge in [-0.3, -0.25) is 10.1 Å². The van der Waals surface area contributed by atoms with Crippen LogP contribution in [0.2, 0.25) is 0 Å². The molecule has 0 saturated heterocycles. The number of rotatable bonds is 8. The lowest BCUT2D eigenvalue weighted by Gasteiger charge is -2.18. The first kappa shape index (κ1) is 106. The average molecular weight is 1930 g/mol. The van der Waals surface area contributed by atoms with Crippen LogP contribution in [-0.2, 0) is 21.9 Å². The fourth-order valence-electron chi connectivity index (χ4n) is 13.9. The summed E-state index contributed by atoms with van der Waals surface area (Å²) in [5, 5.41) is 24.1. The van der Waals surface area contributed by atoms with E-state index in [0.29, 0.717) is 11.1 Å². The molecular weight excluding hydrogens is 1810 g/mol. The molecule has 0 fully saturated rings. The first-order valence-electron chi connectivity index (χ1n) is 44.1. The van der Waals surface area contributed by atoms with Gasteiger partial charge in [-0.1, -0.05) is 166 Å². The van der Waals surface area contributed by atoms with E-state index in [1.54, 1.807) is 58.3 Å². The number of non-ortho nitro benzene ring substituents is 1. The molecule has 0 bridgehead atoms. The minimum absolute atomic E-state index is 0.166. The number of carbonyl (C=O) groups excluding carboxylic acids is 2. The Bertz CT molecular complexity index is 6820. The molecule has 18 heteroatoms. The van der Waals surface area contributed by atoms with Crippen LogP contribution in [0.1, 0.15) is 173 Å². The third kappa shape index (κ3) is 29.2. The number of nitrogens with zero attached hydrogens (tertiary/aromatic N) is 3. The van der Waals surface area contributed by atoms with Gasteiger partial charge in [-0.25, -0.2) is 9.59 Å². The zero-order chi connectivity index (χ0) is 97.6. The Morgan fingerprint density at radius 1 is 0.353 bits per heavy atom. The molecule has 690 valence electrons. The first-order valence-corrected chi connectivity index (χ1v) is 51.4. The molecule has 18 rings (SSSR count). The van der Waals surface area contributed by atoms with E-state index in [1.807, 2.05) is 150 Å². The lowest BCUT2D eigenvalue weighted by molar-refractivity contribution is -0.384. The molecule has 10 aromatic heterocycles. The number of nitro groups is 1. The van der Waals surface area contributed by atoms with Crippen LogP contribution < -0.4 is 0 Å². The van der Waals surface area contributed by atoms with Crippen LogP contribution in [0, 0.1) is 181 Å². The lowest BCUT2D eigenvalue weighted by atomic mass is 9.86. The van der Waals surface area contributed by atoms with Gasteiger partial charge in [-0.05, 0) is 354 Å². The molecule has 0 aliphatic heterocycles. The first-order chi connectivity index (χ1) is 63.0. The maximum atomic E-state index is 11.3. The number of hydrogen-bond donors (Lipinski definition) is 0. The Morgan fingerprint density at radius 3 is 1.08 bits per heavy atom. The lowest BCUT2D eigenvalue weighted by Crippen LogP contribution is -2.10. The second kappa shape index (κ2) is 48.7. The SMILES string of the molecule is COC(=O)c1ccc(-c2cc(C)c(C)s2)cc1.COC(=O)c1ccc2c(C)c(C)sc2c1.Cc1cc(-c2ccc(C(C)(C)C)cc2)sc1C.Cc1cc(-c2cccc3ccccc23)sc1C.Cc1cc(-c2ccccc2)sc1C.Cc1cc(C#N)n(C)c1C.Cc1cc(C)c(C)s1.Cc1cc(C)c(C)s1.Cc1ccc(-c2cc(C)c(C)s2)cc1.Cc1sc2cc([N+](=O)[O-])ccc2c1C. The highest BCUT2D eigenvalue weighted by molar-refractivity contribution is 7.20. The third-order valence-corrected chi connectivity index (χ3v) is 33.8. The minimum Gasteiger partial charge on any atom is -0.465 e. The van der Waals surface area contributed by atoms with Crippen molar-refractivity contribution in [3.8, 4) is 58.3 Å². The van der Waals surface area contributed by atoms with Gasteiger partial charge in [-0.15, -0.1) is 102 Å². The predicted octanol–water partition coefficient (Wildman–Crippen LogP) is 36.3. The summed E-state index contributed by atoms with van der Waals surface area (Å²) in [6.07, 6.45) is 0. The summed E-state index contributed by atoms with van der Waals surface area (Å²) in [5.74, 6) is -0.573. The molecule has 0 spiro atoms. The van der Waals surface area contributed by atoms with Crippen LogP contribution in [0.5, 0.6) is 0 Å². The predicted molar refractivity (Wildman–Crippen MR) is 586 cm³/mol. The maximum absolute atomic E-state index is 11.3. The Morgan fingerprint density at radius 2 is 0.714 bits per heavy atom. The van der Waals surface area contributed by atoms with Gasteiger partial charge in [0.1, 0.15) is 11.8 Å². The van der Waals surface area contributed by atoms with Gasteiger partial charge >= 0.3 is 11.9 Å². The van der Waals surface area contributed by atoms with E-state index < -0.39 is 0 Å². The number of benzene rings is 8. The van der Waals surface area contributed by atoms with Crippen LogP contribution in [0.3, 0.4) is 0 Å². The van der Waals surface area contributed by atoms with Crippen molar-refractivity contribution in [3.05, 3.63) is 384 Å². The molecule has 0 atom stereocenters. The number of nitriles is 1. The van der Waals surface area contributed by atoms with Crippen molar-refractivity contribution < 1.29 is 24.0 Å². The number of thiophene rings is 9. The summed E-state index contributed by atoms with van der Waals surface area (Å²) in [6.45, 7) is 55.7. The molecule has 0 aliphatic carbocycles. The molecule has 0 N–H and O–H groups in total. The number of aromatic nitrogens is 1. The topological polar surface area (TPSA) is 124 Å². The van der Waals surface area contributed by atoms with Gasteiger partial charge < -0.3 is 14.0 Å². The van der Waals surface area contributed by atoms with E-state index >= 15 is 0 Å². The highest BCUT2D eigenvalue weighted by atomic mass is 32.1. The van der Waals surface area contributed by atoms with E-state index in [0.717, 1.165) is 31.7 Å². The number of carbonyl (C=O) groups is 2. The van der Waals surface area contributed by atoms with Gasteiger partial charge in [0.15, 0.2) is 0 Å². The summed E-state index contributed by atoms with van der Waals surface area (Å²) in [5.41, 5.74) is 26.1. The monoisotopic (exact) mass is 1930 g/mol. The van der Waals surface area contributed by atoms with E-state index in [4.69, 9.17) is 5.26 Å². The van der Waals surface area contributed by atoms with Gasteiger partial charge in [0, 0.05) is 112 Å². The Hall–Kier alpha value is -11.1. The van der Waals surface area contributed by atoms with Crippen LogP contribution in [0.25, 0.3) is 83.1 Å². The largest absolute Gasteiger partial charge is 0.465 e. The molecule has 10 heterocycles. The van der Waals surface area contributed by atoms with Crippen LogP contribution in [-0.4, -0.2) is 35.6 Å².